The van der Waals surface area contributed by atoms with Gasteiger partial charge in [0.25, 0.3) is 0 Å². The summed E-state index contributed by atoms with van der Waals surface area (Å²) in [5.74, 6) is 4.77. The summed E-state index contributed by atoms with van der Waals surface area (Å²) in [6.07, 6.45) is 5.91. The molecule has 1 amide bonds. The van der Waals surface area contributed by atoms with Crippen LogP contribution in [0, 0.1) is 5.92 Å². The van der Waals surface area contributed by atoms with Gasteiger partial charge in [-0.05, 0) is 12.8 Å². The Labute approximate surface area is 85.8 Å². The number of rotatable bonds is 8. The molecule has 0 unspecified atom stereocenters. The van der Waals surface area contributed by atoms with Gasteiger partial charge < -0.3 is 5.11 Å². The maximum Gasteiger partial charge on any atom is 0.237 e. The Hall–Kier alpha value is -0.610. The fraction of sp³-hybridized carbons (Fsp3) is 0.900. The second-order valence-corrected chi connectivity index (χ2v) is 3.57. The lowest BCUT2D eigenvalue weighted by Crippen LogP contribution is -2.36. The molecule has 0 aliphatic carbocycles. The third-order valence-corrected chi connectivity index (χ3v) is 2.40. The minimum Gasteiger partial charge on any atom is -0.396 e. The van der Waals surface area contributed by atoms with Gasteiger partial charge in [0.2, 0.25) is 5.91 Å². The molecule has 0 aliphatic heterocycles. The summed E-state index contributed by atoms with van der Waals surface area (Å²) in [5.41, 5.74) is 2.14. The molecule has 0 aromatic rings. The lowest BCUT2D eigenvalue weighted by Gasteiger charge is -2.13. The summed E-state index contributed by atoms with van der Waals surface area (Å²) in [6.45, 7) is 2.20. The zero-order valence-corrected chi connectivity index (χ0v) is 8.96. The van der Waals surface area contributed by atoms with Crippen LogP contribution < -0.4 is 11.3 Å². The van der Waals surface area contributed by atoms with Gasteiger partial charge in [-0.3, -0.25) is 10.2 Å². The molecular formula is C10H22N2O2. The summed E-state index contributed by atoms with van der Waals surface area (Å²) in [7, 11) is 0. The van der Waals surface area contributed by atoms with E-state index in [0.29, 0.717) is 6.42 Å². The van der Waals surface area contributed by atoms with Crippen molar-refractivity contribution in [2.24, 2.45) is 11.8 Å². The highest BCUT2D eigenvalue weighted by molar-refractivity contribution is 5.77. The maximum atomic E-state index is 11.2. The van der Waals surface area contributed by atoms with E-state index in [9.17, 15) is 4.79 Å². The third-order valence-electron chi connectivity index (χ3n) is 2.40. The zero-order chi connectivity index (χ0) is 10.8. The van der Waals surface area contributed by atoms with Crippen LogP contribution in [0.5, 0.6) is 0 Å². The van der Waals surface area contributed by atoms with E-state index in [0.717, 1.165) is 19.3 Å². The van der Waals surface area contributed by atoms with Gasteiger partial charge in [-0.25, -0.2) is 5.84 Å². The monoisotopic (exact) mass is 202 g/mol. The van der Waals surface area contributed by atoms with Crippen LogP contribution in [0.15, 0.2) is 0 Å². The normalized spacial score (nSPS) is 12.5. The van der Waals surface area contributed by atoms with Crippen LogP contribution in [0.25, 0.3) is 0 Å². The number of carbonyl (C=O) groups excluding carboxylic acids is 1. The molecule has 4 nitrogen and oxygen atoms in total. The van der Waals surface area contributed by atoms with E-state index in [1.54, 1.807) is 0 Å². The second-order valence-electron chi connectivity index (χ2n) is 3.57. The fourth-order valence-electron chi connectivity index (χ4n) is 1.50. The number of hydrazine groups is 1. The first-order valence-electron chi connectivity index (χ1n) is 5.37. The van der Waals surface area contributed by atoms with Crippen LogP contribution >= 0.6 is 0 Å². The van der Waals surface area contributed by atoms with Gasteiger partial charge in [0, 0.05) is 12.5 Å². The Morgan fingerprint density at radius 1 is 1.36 bits per heavy atom. The number of nitrogens with two attached hydrogens (primary N) is 1. The van der Waals surface area contributed by atoms with Crippen molar-refractivity contribution in [2.45, 2.75) is 45.4 Å². The molecule has 0 saturated carbocycles. The molecule has 0 aromatic heterocycles. The smallest absolute Gasteiger partial charge is 0.237 e. The molecule has 1 atom stereocenters. The number of hydrogen-bond donors (Lipinski definition) is 3. The Bertz CT molecular complexity index is 151. The lowest BCUT2D eigenvalue weighted by atomic mass is 9.97. The average Bonchev–Trinajstić information content (AvgIpc) is 2.21. The molecule has 0 rings (SSSR count). The van der Waals surface area contributed by atoms with Crippen LogP contribution in [-0.2, 0) is 4.79 Å². The van der Waals surface area contributed by atoms with Crippen molar-refractivity contribution in [2.75, 3.05) is 6.61 Å². The maximum absolute atomic E-state index is 11.2. The van der Waals surface area contributed by atoms with Crippen molar-refractivity contribution in [3.05, 3.63) is 0 Å². The first-order valence-corrected chi connectivity index (χ1v) is 5.37. The van der Waals surface area contributed by atoms with Crippen LogP contribution in [0.1, 0.15) is 45.4 Å². The SMILES string of the molecule is CCCCCC[C@@H](CCO)C(=O)NN. The highest BCUT2D eigenvalue weighted by Gasteiger charge is 2.15. The molecule has 4 heteroatoms. The molecule has 0 aromatic carbocycles. The molecule has 0 heterocycles. The molecule has 4 N–H and O–H groups in total. The second kappa shape index (κ2) is 8.97. The van der Waals surface area contributed by atoms with E-state index in [1.807, 2.05) is 0 Å². The fourth-order valence-corrected chi connectivity index (χ4v) is 1.50. The highest BCUT2D eigenvalue weighted by Crippen LogP contribution is 2.14. The van der Waals surface area contributed by atoms with Gasteiger partial charge in [-0.1, -0.05) is 32.6 Å². The van der Waals surface area contributed by atoms with Gasteiger partial charge in [-0.15, -0.1) is 0 Å². The quantitative estimate of drug-likeness (QED) is 0.237. The van der Waals surface area contributed by atoms with E-state index in [4.69, 9.17) is 10.9 Å². The summed E-state index contributed by atoms with van der Waals surface area (Å²) in [5, 5.41) is 8.76. The number of hydrogen-bond acceptors (Lipinski definition) is 3. The van der Waals surface area contributed by atoms with Gasteiger partial charge in [0.05, 0.1) is 0 Å². The number of aliphatic hydroxyl groups is 1. The number of carbonyl (C=O) groups is 1. The van der Waals surface area contributed by atoms with Gasteiger partial charge >= 0.3 is 0 Å². The van der Waals surface area contributed by atoms with Crippen LogP contribution in [0.2, 0.25) is 0 Å². The summed E-state index contributed by atoms with van der Waals surface area (Å²) in [6, 6.07) is 0. The Kier molecular flexibility index (Phi) is 8.57. The van der Waals surface area contributed by atoms with Crippen molar-refractivity contribution >= 4 is 5.91 Å². The number of unbranched alkanes of at least 4 members (excludes halogenated alkanes) is 3. The van der Waals surface area contributed by atoms with Crippen LogP contribution in [-0.4, -0.2) is 17.6 Å². The molecule has 0 spiro atoms. The van der Waals surface area contributed by atoms with Crippen molar-refractivity contribution in [3.63, 3.8) is 0 Å². The van der Waals surface area contributed by atoms with Crippen LogP contribution in [0.3, 0.4) is 0 Å². The van der Waals surface area contributed by atoms with E-state index in [-0.39, 0.29) is 18.4 Å². The summed E-state index contributed by atoms with van der Waals surface area (Å²) < 4.78 is 0. The van der Waals surface area contributed by atoms with E-state index >= 15 is 0 Å². The standard InChI is InChI=1S/C10H22N2O2/c1-2-3-4-5-6-9(7-8-13)10(14)12-11/h9,13H,2-8,11H2,1H3,(H,12,14)/t9-/m0/s1. The first kappa shape index (κ1) is 13.4. The number of amides is 1. The molecule has 14 heavy (non-hydrogen) atoms. The van der Waals surface area contributed by atoms with E-state index < -0.39 is 0 Å². The minimum absolute atomic E-state index is 0.0475. The first-order chi connectivity index (χ1) is 6.76. The van der Waals surface area contributed by atoms with Crippen molar-refractivity contribution in [3.8, 4) is 0 Å². The van der Waals surface area contributed by atoms with Gasteiger partial charge in [0.1, 0.15) is 0 Å². The van der Waals surface area contributed by atoms with E-state index in [2.05, 4.69) is 12.3 Å². The van der Waals surface area contributed by atoms with Crippen LogP contribution in [0.4, 0.5) is 0 Å². The Morgan fingerprint density at radius 3 is 2.57 bits per heavy atom. The van der Waals surface area contributed by atoms with Crippen molar-refractivity contribution < 1.29 is 9.90 Å². The molecule has 84 valence electrons. The lowest BCUT2D eigenvalue weighted by molar-refractivity contribution is -0.125. The molecular weight excluding hydrogens is 180 g/mol. The highest BCUT2D eigenvalue weighted by atomic mass is 16.3. The molecule has 0 fully saturated rings. The molecule has 0 saturated heterocycles. The zero-order valence-electron chi connectivity index (χ0n) is 8.96. The van der Waals surface area contributed by atoms with E-state index in [1.165, 1.54) is 12.8 Å². The number of nitrogens with one attached hydrogen (secondary N) is 1. The topological polar surface area (TPSA) is 75.3 Å². The third kappa shape index (κ3) is 5.94. The van der Waals surface area contributed by atoms with Gasteiger partial charge in [0.15, 0.2) is 0 Å². The minimum atomic E-state index is -0.157. The molecule has 0 bridgehead atoms. The average molecular weight is 202 g/mol. The molecule has 0 radical (unpaired) electrons. The Balaban J connectivity index is 3.67. The summed E-state index contributed by atoms with van der Waals surface area (Å²) in [4.78, 5) is 11.2. The predicted molar refractivity (Wildman–Crippen MR) is 56.3 cm³/mol. The largest absolute Gasteiger partial charge is 0.396 e. The number of aliphatic hydroxyl groups excluding tert-OH is 1. The van der Waals surface area contributed by atoms with Crippen molar-refractivity contribution in [1.29, 1.82) is 0 Å². The van der Waals surface area contributed by atoms with Crippen molar-refractivity contribution in [1.82, 2.24) is 5.43 Å². The Morgan fingerprint density at radius 2 is 2.07 bits per heavy atom. The molecule has 0 aliphatic rings. The summed E-state index contributed by atoms with van der Waals surface area (Å²) >= 11 is 0. The predicted octanol–water partition coefficient (Wildman–Crippen LogP) is 0.945. The van der Waals surface area contributed by atoms with Gasteiger partial charge in [-0.2, -0.15) is 0 Å².